The molecule has 11 heteroatoms. The number of rotatable bonds is 3. The van der Waals surface area contributed by atoms with Crippen molar-refractivity contribution in [2.45, 2.75) is 18.9 Å². The molecule has 1 saturated heterocycles. The second kappa shape index (κ2) is 6.83. The third-order valence-electron chi connectivity index (χ3n) is 4.41. The molecule has 4 heterocycles. The van der Waals surface area contributed by atoms with E-state index in [1.54, 1.807) is 21.8 Å². The minimum absolute atomic E-state index is 0.0954. The van der Waals surface area contributed by atoms with Crippen molar-refractivity contribution >= 4 is 28.2 Å². The van der Waals surface area contributed by atoms with Gasteiger partial charge in [0.15, 0.2) is 5.82 Å². The highest BCUT2D eigenvalue weighted by Gasteiger charge is 2.26. The summed E-state index contributed by atoms with van der Waals surface area (Å²) in [5, 5.41) is 27.3. The van der Waals surface area contributed by atoms with Gasteiger partial charge >= 0.3 is 6.09 Å². The fraction of sp³-hybridized carbons (Fsp3) is 0.312. The predicted molar refractivity (Wildman–Crippen MR) is 95.8 cm³/mol. The van der Waals surface area contributed by atoms with E-state index in [9.17, 15) is 14.7 Å². The molecule has 2 amide bonds. The van der Waals surface area contributed by atoms with E-state index in [2.05, 4.69) is 20.4 Å². The highest BCUT2D eigenvalue weighted by Crippen LogP contribution is 2.27. The van der Waals surface area contributed by atoms with Crippen LogP contribution in [0.1, 0.15) is 23.3 Å². The van der Waals surface area contributed by atoms with E-state index in [0.29, 0.717) is 31.5 Å². The molecule has 0 atom stereocenters. The monoisotopic (exact) mass is 388 g/mol. The van der Waals surface area contributed by atoms with Crippen molar-refractivity contribution in [2.75, 3.05) is 13.1 Å². The summed E-state index contributed by atoms with van der Waals surface area (Å²) in [6, 6.07) is 1.07. The van der Waals surface area contributed by atoms with Crippen LogP contribution in [0.4, 0.5) is 4.79 Å². The van der Waals surface area contributed by atoms with Crippen LogP contribution >= 0.6 is 11.3 Å². The van der Waals surface area contributed by atoms with Crippen molar-refractivity contribution in [3.8, 4) is 17.3 Å². The van der Waals surface area contributed by atoms with E-state index in [-0.39, 0.29) is 29.3 Å². The Morgan fingerprint density at radius 3 is 2.78 bits per heavy atom. The summed E-state index contributed by atoms with van der Waals surface area (Å²) in [5.74, 6) is -0.378. The minimum atomic E-state index is -1.06. The second-order valence-electron chi connectivity index (χ2n) is 6.16. The molecule has 3 aromatic rings. The summed E-state index contributed by atoms with van der Waals surface area (Å²) in [6.07, 6.45) is 3.39. The molecule has 1 fully saturated rings. The Labute approximate surface area is 157 Å². The van der Waals surface area contributed by atoms with Gasteiger partial charge in [-0.2, -0.15) is 10.1 Å². The molecule has 3 aromatic heterocycles. The smallest absolute Gasteiger partial charge is 0.404 e. The van der Waals surface area contributed by atoms with Gasteiger partial charge in [0.2, 0.25) is 5.88 Å². The highest BCUT2D eigenvalue weighted by atomic mass is 32.1. The maximum Gasteiger partial charge on any atom is 0.404 e. The largest absolute Gasteiger partial charge is 0.493 e. The average Bonchev–Trinajstić information content (AvgIpc) is 3.24. The van der Waals surface area contributed by atoms with Crippen LogP contribution in [0.25, 0.3) is 16.2 Å². The number of nitrogens with zero attached hydrogens (tertiary/aromatic N) is 5. The van der Waals surface area contributed by atoms with E-state index in [1.165, 1.54) is 17.4 Å². The molecule has 27 heavy (non-hydrogen) atoms. The van der Waals surface area contributed by atoms with E-state index >= 15 is 0 Å². The van der Waals surface area contributed by atoms with E-state index in [0.717, 1.165) is 4.83 Å². The van der Waals surface area contributed by atoms with Crippen molar-refractivity contribution in [1.29, 1.82) is 0 Å². The normalized spacial score (nSPS) is 15.2. The number of likely N-dealkylation sites (tertiary alicyclic amines) is 1. The lowest BCUT2D eigenvalue weighted by Gasteiger charge is -2.31. The van der Waals surface area contributed by atoms with E-state index in [1.807, 2.05) is 5.38 Å². The van der Waals surface area contributed by atoms with Gasteiger partial charge in [-0.3, -0.25) is 4.79 Å². The van der Waals surface area contributed by atoms with Gasteiger partial charge in [0.05, 0.1) is 11.8 Å². The predicted octanol–water partition coefficient (Wildman–Crippen LogP) is 1.43. The lowest BCUT2D eigenvalue weighted by atomic mass is 10.0. The Hall–Kier alpha value is -3.21. The zero-order valence-corrected chi connectivity index (χ0v) is 14.9. The summed E-state index contributed by atoms with van der Waals surface area (Å²) in [7, 11) is 0. The van der Waals surface area contributed by atoms with Gasteiger partial charge in [-0.1, -0.05) is 0 Å². The molecule has 3 N–H and O–H groups in total. The number of nitrogens with one attached hydrogen (secondary N) is 1. The molecule has 140 valence electrons. The summed E-state index contributed by atoms with van der Waals surface area (Å²) < 4.78 is 1.68. The Morgan fingerprint density at radius 1 is 1.26 bits per heavy atom. The van der Waals surface area contributed by atoms with Crippen LogP contribution in [0, 0.1) is 0 Å². The van der Waals surface area contributed by atoms with Crippen LogP contribution in [0.5, 0.6) is 5.88 Å². The molecule has 0 saturated carbocycles. The van der Waals surface area contributed by atoms with Crippen LogP contribution in [0.2, 0.25) is 0 Å². The van der Waals surface area contributed by atoms with Gasteiger partial charge in [-0.05, 0) is 12.8 Å². The highest BCUT2D eigenvalue weighted by molar-refractivity contribution is 7.16. The molecular formula is C16H16N6O4S. The van der Waals surface area contributed by atoms with E-state index < -0.39 is 6.09 Å². The minimum Gasteiger partial charge on any atom is -0.493 e. The third kappa shape index (κ3) is 3.40. The van der Waals surface area contributed by atoms with Crippen molar-refractivity contribution in [3.63, 3.8) is 0 Å². The van der Waals surface area contributed by atoms with Crippen LogP contribution in [0.3, 0.4) is 0 Å². The number of carboxylic acid groups (broad SMARTS) is 1. The number of thiazole rings is 1. The Bertz CT molecular complexity index is 1010. The molecule has 0 aromatic carbocycles. The molecule has 0 bridgehead atoms. The van der Waals surface area contributed by atoms with Gasteiger partial charge in [0.25, 0.3) is 5.91 Å². The maximum absolute atomic E-state index is 12.8. The van der Waals surface area contributed by atoms with Crippen molar-refractivity contribution < 1.29 is 19.8 Å². The number of aromatic hydroxyl groups is 1. The van der Waals surface area contributed by atoms with Crippen LogP contribution in [-0.4, -0.2) is 65.8 Å². The van der Waals surface area contributed by atoms with Crippen molar-refractivity contribution in [2.24, 2.45) is 0 Å². The van der Waals surface area contributed by atoms with Crippen LogP contribution in [0.15, 0.2) is 23.8 Å². The van der Waals surface area contributed by atoms with Crippen molar-refractivity contribution in [3.05, 3.63) is 29.5 Å². The first-order valence-electron chi connectivity index (χ1n) is 8.29. The zero-order chi connectivity index (χ0) is 19.0. The van der Waals surface area contributed by atoms with Gasteiger partial charge in [0, 0.05) is 36.8 Å². The lowest BCUT2D eigenvalue weighted by Crippen LogP contribution is -2.46. The first-order valence-corrected chi connectivity index (χ1v) is 9.17. The van der Waals surface area contributed by atoms with Gasteiger partial charge < -0.3 is 20.4 Å². The number of aromatic nitrogens is 4. The molecule has 10 nitrogen and oxygen atoms in total. The number of hydrogen-bond donors (Lipinski definition) is 3. The average molecular weight is 388 g/mol. The fourth-order valence-corrected chi connectivity index (χ4v) is 3.90. The Kier molecular flexibility index (Phi) is 4.36. The summed E-state index contributed by atoms with van der Waals surface area (Å²) in [5.41, 5.74) is 0.734. The van der Waals surface area contributed by atoms with Crippen LogP contribution in [-0.2, 0) is 0 Å². The molecule has 4 rings (SSSR count). The number of fused-ring (bicyclic) bond motifs is 1. The molecular weight excluding hydrogens is 372 g/mol. The van der Waals surface area contributed by atoms with Crippen LogP contribution < -0.4 is 5.32 Å². The molecule has 0 spiro atoms. The van der Waals surface area contributed by atoms with Crippen molar-refractivity contribution in [1.82, 2.24) is 29.8 Å². The number of hydrogen-bond acceptors (Lipinski definition) is 7. The molecule has 1 aliphatic heterocycles. The molecule has 0 unspecified atom stereocenters. The number of carbonyl (C=O) groups is 2. The standard InChI is InChI=1S/C16H16N6O4S/c23-12-7-11(14(24)21-3-1-9(2-4-21)18-16(25)26)19-13(20-12)10-8-17-22-5-6-27-15(10)22/h5-9,18H,1-4H2,(H,25,26)(H,19,20,23). The maximum atomic E-state index is 12.8. The van der Waals surface area contributed by atoms with Gasteiger partial charge in [0.1, 0.15) is 10.5 Å². The SMILES string of the molecule is O=C(O)NC1CCN(C(=O)c2cc(O)nc(-c3cnn4ccsc34)n2)CC1. The lowest BCUT2D eigenvalue weighted by molar-refractivity contribution is 0.0699. The first-order chi connectivity index (χ1) is 13.0. The molecule has 0 radical (unpaired) electrons. The topological polar surface area (TPSA) is 133 Å². The number of carbonyl (C=O) groups excluding carboxylic acids is 1. The van der Waals surface area contributed by atoms with Gasteiger partial charge in [-0.25, -0.2) is 14.3 Å². The van der Waals surface area contributed by atoms with Gasteiger partial charge in [-0.15, -0.1) is 11.3 Å². The quantitative estimate of drug-likeness (QED) is 0.618. The first kappa shape index (κ1) is 17.2. The number of amides is 2. The molecule has 1 aliphatic rings. The summed E-state index contributed by atoms with van der Waals surface area (Å²) >= 11 is 1.46. The summed E-state index contributed by atoms with van der Waals surface area (Å²) in [6.45, 7) is 0.819. The second-order valence-corrected chi connectivity index (χ2v) is 7.06. The Morgan fingerprint density at radius 2 is 2.04 bits per heavy atom. The third-order valence-corrected chi connectivity index (χ3v) is 5.30. The number of piperidine rings is 1. The van der Waals surface area contributed by atoms with E-state index in [4.69, 9.17) is 5.11 Å². The Balaban J connectivity index is 1.56. The summed E-state index contributed by atoms with van der Waals surface area (Å²) in [4.78, 5) is 34.3. The zero-order valence-electron chi connectivity index (χ0n) is 14.1. The molecule has 0 aliphatic carbocycles. The fourth-order valence-electron chi connectivity index (χ4n) is 3.11.